The third-order valence-corrected chi connectivity index (χ3v) is 3.61. The van der Waals surface area contributed by atoms with Crippen LogP contribution in [0.1, 0.15) is 5.56 Å². The second-order valence-corrected chi connectivity index (χ2v) is 4.99. The van der Waals surface area contributed by atoms with E-state index in [1.807, 2.05) is 12.1 Å². The summed E-state index contributed by atoms with van der Waals surface area (Å²) < 4.78 is 5.02. The third-order valence-electron chi connectivity index (χ3n) is 2.54. The normalized spacial score (nSPS) is 10.6. The Kier molecular flexibility index (Phi) is 5.81. The van der Waals surface area contributed by atoms with Gasteiger partial charge in [-0.1, -0.05) is 30.0 Å². The van der Waals surface area contributed by atoms with Gasteiger partial charge in [-0.15, -0.1) is 0 Å². The maximum atomic E-state index is 5.02. The molecule has 0 saturated carbocycles. The molecular formula is C14H17N3OS. The predicted molar refractivity (Wildman–Crippen MR) is 76.2 cm³/mol. The molecule has 0 bridgehead atoms. The van der Waals surface area contributed by atoms with Gasteiger partial charge < -0.3 is 10.1 Å². The summed E-state index contributed by atoms with van der Waals surface area (Å²) in [4.78, 5) is 9.38. The molecule has 19 heavy (non-hydrogen) atoms. The molecule has 0 aliphatic heterocycles. The van der Waals surface area contributed by atoms with E-state index in [1.165, 1.54) is 10.5 Å². The summed E-state index contributed by atoms with van der Waals surface area (Å²) in [5.41, 5.74) is 1.27. The van der Waals surface area contributed by atoms with Gasteiger partial charge in [0.2, 0.25) is 0 Å². The number of nitrogens with zero attached hydrogens (tertiary/aromatic N) is 2. The van der Waals surface area contributed by atoms with Gasteiger partial charge in [0.25, 0.3) is 0 Å². The van der Waals surface area contributed by atoms with E-state index in [4.69, 9.17) is 4.74 Å². The SMILES string of the molecule is COCCNCc1ccccc1Sc1ccncn1. The van der Waals surface area contributed by atoms with Crippen LogP contribution in [0.25, 0.3) is 0 Å². The van der Waals surface area contributed by atoms with Crippen molar-refractivity contribution in [1.29, 1.82) is 0 Å². The molecule has 0 atom stereocenters. The molecule has 0 amide bonds. The molecule has 2 rings (SSSR count). The van der Waals surface area contributed by atoms with E-state index in [-0.39, 0.29) is 0 Å². The Morgan fingerprint density at radius 3 is 2.95 bits per heavy atom. The molecule has 1 aromatic heterocycles. The second-order valence-electron chi connectivity index (χ2n) is 3.93. The van der Waals surface area contributed by atoms with Crippen molar-refractivity contribution in [3.8, 4) is 0 Å². The Balaban J connectivity index is 2.00. The first-order valence-corrected chi connectivity index (χ1v) is 6.93. The first-order valence-electron chi connectivity index (χ1n) is 6.11. The lowest BCUT2D eigenvalue weighted by atomic mass is 10.2. The van der Waals surface area contributed by atoms with Crippen LogP contribution in [0.15, 0.2) is 52.8 Å². The second kappa shape index (κ2) is 7.89. The topological polar surface area (TPSA) is 47.0 Å². The lowest BCUT2D eigenvalue weighted by Gasteiger charge is -2.09. The number of hydrogen-bond acceptors (Lipinski definition) is 5. The van der Waals surface area contributed by atoms with Gasteiger partial charge in [-0.3, -0.25) is 0 Å². The lowest BCUT2D eigenvalue weighted by Crippen LogP contribution is -2.18. The molecule has 0 fully saturated rings. The highest BCUT2D eigenvalue weighted by Gasteiger charge is 2.04. The molecule has 0 unspecified atom stereocenters. The van der Waals surface area contributed by atoms with E-state index >= 15 is 0 Å². The van der Waals surface area contributed by atoms with Crippen molar-refractivity contribution >= 4 is 11.8 Å². The number of hydrogen-bond donors (Lipinski definition) is 1. The van der Waals surface area contributed by atoms with Crippen molar-refractivity contribution in [3.63, 3.8) is 0 Å². The largest absolute Gasteiger partial charge is 0.383 e. The van der Waals surface area contributed by atoms with Crippen LogP contribution in [0.3, 0.4) is 0 Å². The summed E-state index contributed by atoms with van der Waals surface area (Å²) in [5.74, 6) is 0. The third kappa shape index (κ3) is 4.63. The van der Waals surface area contributed by atoms with E-state index in [9.17, 15) is 0 Å². The fraction of sp³-hybridized carbons (Fsp3) is 0.286. The molecule has 4 nitrogen and oxygen atoms in total. The van der Waals surface area contributed by atoms with E-state index in [2.05, 4.69) is 33.5 Å². The van der Waals surface area contributed by atoms with Crippen LogP contribution in [0.5, 0.6) is 0 Å². The Morgan fingerprint density at radius 1 is 1.26 bits per heavy atom. The fourth-order valence-corrected chi connectivity index (χ4v) is 2.47. The summed E-state index contributed by atoms with van der Waals surface area (Å²) in [7, 11) is 1.71. The van der Waals surface area contributed by atoms with Crippen molar-refractivity contribution in [3.05, 3.63) is 48.4 Å². The van der Waals surface area contributed by atoms with Gasteiger partial charge in [-0.25, -0.2) is 9.97 Å². The first-order chi connectivity index (χ1) is 9.40. The van der Waals surface area contributed by atoms with Crippen molar-refractivity contribution < 1.29 is 4.74 Å². The number of methoxy groups -OCH3 is 1. The van der Waals surface area contributed by atoms with Crippen LogP contribution in [-0.4, -0.2) is 30.2 Å². The Hall–Kier alpha value is -1.43. The Labute approximate surface area is 117 Å². The van der Waals surface area contributed by atoms with Crippen LogP contribution < -0.4 is 5.32 Å². The predicted octanol–water partition coefficient (Wildman–Crippen LogP) is 2.36. The minimum atomic E-state index is 0.723. The maximum absolute atomic E-state index is 5.02. The van der Waals surface area contributed by atoms with Crippen LogP contribution in [-0.2, 0) is 11.3 Å². The van der Waals surface area contributed by atoms with Crippen LogP contribution in [0.4, 0.5) is 0 Å². The number of benzene rings is 1. The van der Waals surface area contributed by atoms with Gasteiger partial charge in [0, 0.05) is 31.3 Å². The molecule has 0 radical (unpaired) electrons. The molecule has 5 heteroatoms. The quantitative estimate of drug-likeness (QED) is 0.621. The lowest BCUT2D eigenvalue weighted by molar-refractivity contribution is 0.199. The highest BCUT2D eigenvalue weighted by atomic mass is 32.2. The zero-order valence-electron chi connectivity index (χ0n) is 10.9. The van der Waals surface area contributed by atoms with Crippen molar-refractivity contribution in [2.45, 2.75) is 16.5 Å². The number of nitrogens with one attached hydrogen (secondary N) is 1. The molecule has 1 heterocycles. The van der Waals surface area contributed by atoms with Crippen molar-refractivity contribution in [2.75, 3.05) is 20.3 Å². The van der Waals surface area contributed by atoms with Gasteiger partial charge in [-0.2, -0.15) is 0 Å². The maximum Gasteiger partial charge on any atom is 0.116 e. The van der Waals surface area contributed by atoms with E-state index in [1.54, 1.807) is 31.4 Å². The smallest absolute Gasteiger partial charge is 0.116 e. The van der Waals surface area contributed by atoms with E-state index < -0.39 is 0 Å². The van der Waals surface area contributed by atoms with Crippen LogP contribution in [0.2, 0.25) is 0 Å². The summed E-state index contributed by atoms with van der Waals surface area (Å²) >= 11 is 1.66. The van der Waals surface area contributed by atoms with Gasteiger partial charge >= 0.3 is 0 Å². The molecule has 0 aliphatic rings. The number of aromatic nitrogens is 2. The summed E-state index contributed by atoms with van der Waals surface area (Å²) in [6.45, 7) is 2.40. The molecule has 100 valence electrons. The van der Waals surface area contributed by atoms with Crippen molar-refractivity contribution in [2.24, 2.45) is 0 Å². The average Bonchev–Trinajstić information content (AvgIpc) is 2.46. The van der Waals surface area contributed by atoms with Crippen LogP contribution >= 0.6 is 11.8 Å². The molecule has 1 N–H and O–H groups in total. The highest BCUT2D eigenvalue weighted by Crippen LogP contribution is 2.28. The molecule has 1 aromatic carbocycles. The van der Waals surface area contributed by atoms with Crippen molar-refractivity contribution in [1.82, 2.24) is 15.3 Å². The minimum Gasteiger partial charge on any atom is -0.383 e. The van der Waals surface area contributed by atoms with Gasteiger partial charge in [0.15, 0.2) is 0 Å². The van der Waals surface area contributed by atoms with Gasteiger partial charge in [0.1, 0.15) is 11.4 Å². The van der Waals surface area contributed by atoms with E-state index in [0.717, 1.165) is 24.7 Å². The summed E-state index contributed by atoms with van der Waals surface area (Å²) in [6, 6.07) is 10.3. The minimum absolute atomic E-state index is 0.723. The van der Waals surface area contributed by atoms with Gasteiger partial charge in [-0.05, 0) is 17.7 Å². The Bertz CT molecular complexity index is 493. The molecule has 2 aromatic rings. The summed E-state index contributed by atoms with van der Waals surface area (Å²) in [6.07, 6.45) is 3.33. The number of ether oxygens (including phenoxy) is 1. The molecular weight excluding hydrogens is 258 g/mol. The zero-order chi connectivity index (χ0) is 13.3. The zero-order valence-corrected chi connectivity index (χ0v) is 11.7. The molecule has 0 spiro atoms. The standard InChI is InChI=1S/C14H17N3OS/c1-18-9-8-15-10-12-4-2-3-5-13(12)19-14-6-7-16-11-17-14/h2-7,11,15H,8-10H2,1H3. The van der Waals surface area contributed by atoms with E-state index in [0.29, 0.717) is 0 Å². The summed E-state index contributed by atoms with van der Waals surface area (Å²) in [5, 5.41) is 4.32. The average molecular weight is 275 g/mol. The van der Waals surface area contributed by atoms with Crippen LogP contribution in [0, 0.1) is 0 Å². The monoisotopic (exact) mass is 275 g/mol. The Morgan fingerprint density at radius 2 is 2.16 bits per heavy atom. The highest BCUT2D eigenvalue weighted by molar-refractivity contribution is 7.99. The number of rotatable bonds is 7. The van der Waals surface area contributed by atoms with Gasteiger partial charge in [0.05, 0.1) is 6.61 Å². The first kappa shape index (κ1) is 14.0. The molecule has 0 saturated heterocycles. The molecule has 0 aliphatic carbocycles. The fourth-order valence-electron chi connectivity index (χ4n) is 1.60.